The van der Waals surface area contributed by atoms with Gasteiger partial charge in [0, 0.05) is 50.0 Å². The molecule has 0 unspecified atom stereocenters. The van der Waals surface area contributed by atoms with Gasteiger partial charge >= 0.3 is 6.09 Å². The molecule has 1 N–H and O–H groups in total. The van der Waals surface area contributed by atoms with Crippen LogP contribution in [0, 0.1) is 11.8 Å². The fraction of sp³-hybridized carbons (Fsp3) is 0.593. The summed E-state index contributed by atoms with van der Waals surface area (Å²) < 4.78 is 16.5. The van der Waals surface area contributed by atoms with Crippen LogP contribution in [0.3, 0.4) is 0 Å². The molecule has 0 radical (unpaired) electrons. The van der Waals surface area contributed by atoms with E-state index in [2.05, 4.69) is 46.4 Å². The normalized spacial score (nSPS) is 22.6. The zero-order valence-electron chi connectivity index (χ0n) is 21.3. The number of amides is 1. The van der Waals surface area contributed by atoms with Crippen molar-refractivity contribution in [2.75, 3.05) is 63.3 Å². The summed E-state index contributed by atoms with van der Waals surface area (Å²) in [7, 11) is 1.41. The molecule has 1 aromatic carbocycles. The van der Waals surface area contributed by atoms with Gasteiger partial charge in [-0.05, 0) is 49.3 Å². The van der Waals surface area contributed by atoms with Crippen LogP contribution in [0.5, 0.6) is 5.88 Å². The number of aromatic nitrogens is 2. The van der Waals surface area contributed by atoms with Crippen molar-refractivity contribution in [2.24, 2.45) is 11.8 Å². The Hall–Kier alpha value is -3.07. The van der Waals surface area contributed by atoms with Crippen LogP contribution in [0.25, 0.3) is 11.1 Å². The van der Waals surface area contributed by atoms with Crippen LogP contribution in [-0.4, -0.2) is 80.1 Å². The average Bonchev–Trinajstić information content (AvgIpc) is 2.90. The number of nitrogens with zero attached hydrogens (tertiary/aromatic N) is 4. The minimum Gasteiger partial charge on any atom is -0.477 e. The lowest BCUT2D eigenvalue weighted by molar-refractivity contribution is 0.0475. The molecule has 1 aliphatic carbocycles. The van der Waals surface area contributed by atoms with Gasteiger partial charge in [-0.2, -0.15) is 4.98 Å². The Morgan fingerprint density at radius 3 is 2.53 bits per heavy atom. The number of nitrogens with one attached hydrogen (secondary N) is 1. The van der Waals surface area contributed by atoms with Gasteiger partial charge in [0.25, 0.3) is 0 Å². The maximum Gasteiger partial charge on any atom is 0.409 e. The molecule has 2 aromatic rings. The number of rotatable bonds is 7. The summed E-state index contributed by atoms with van der Waals surface area (Å²) in [6.07, 6.45) is 6.30. The number of ether oxygens (including phenoxy) is 3. The molecule has 2 aliphatic heterocycles. The summed E-state index contributed by atoms with van der Waals surface area (Å²) in [4.78, 5) is 25.1. The predicted molar refractivity (Wildman–Crippen MR) is 139 cm³/mol. The first kappa shape index (κ1) is 24.6. The fourth-order valence-corrected chi connectivity index (χ4v) is 5.15. The second-order valence-electron chi connectivity index (χ2n) is 10.2. The highest BCUT2D eigenvalue weighted by molar-refractivity contribution is 5.71. The van der Waals surface area contributed by atoms with Crippen LogP contribution in [0.1, 0.15) is 32.6 Å². The third-order valence-corrected chi connectivity index (χ3v) is 7.50. The maximum absolute atomic E-state index is 11.7. The molecule has 0 bridgehead atoms. The van der Waals surface area contributed by atoms with Gasteiger partial charge in [-0.25, -0.2) is 9.78 Å². The Morgan fingerprint density at radius 2 is 1.83 bits per heavy atom. The van der Waals surface area contributed by atoms with E-state index in [9.17, 15) is 4.79 Å². The first-order chi connectivity index (χ1) is 17.6. The highest BCUT2D eigenvalue weighted by Crippen LogP contribution is 2.32. The van der Waals surface area contributed by atoms with E-state index in [0.29, 0.717) is 37.6 Å². The second-order valence-corrected chi connectivity index (χ2v) is 10.2. The first-order valence-corrected chi connectivity index (χ1v) is 13.1. The highest BCUT2D eigenvalue weighted by Gasteiger charge is 2.32. The molecule has 5 rings (SSSR count). The van der Waals surface area contributed by atoms with Crippen molar-refractivity contribution in [2.45, 2.75) is 38.6 Å². The van der Waals surface area contributed by atoms with E-state index >= 15 is 0 Å². The van der Waals surface area contributed by atoms with E-state index in [4.69, 9.17) is 19.2 Å². The molecule has 2 saturated heterocycles. The minimum absolute atomic E-state index is 0.256. The quantitative estimate of drug-likeness (QED) is 0.616. The second kappa shape index (κ2) is 11.3. The molecule has 0 atom stereocenters. The maximum atomic E-state index is 11.7. The van der Waals surface area contributed by atoms with Crippen molar-refractivity contribution in [3.8, 4) is 17.0 Å². The van der Waals surface area contributed by atoms with Gasteiger partial charge in [-0.1, -0.05) is 19.1 Å². The smallest absolute Gasteiger partial charge is 0.409 e. The fourth-order valence-electron chi connectivity index (χ4n) is 5.15. The number of methoxy groups -OCH3 is 1. The molecule has 36 heavy (non-hydrogen) atoms. The van der Waals surface area contributed by atoms with E-state index in [-0.39, 0.29) is 12.0 Å². The molecule has 9 heteroatoms. The van der Waals surface area contributed by atoms with Crippen LogP contribution < -0.4 is 15.0 Å². The van der Waals surface area contributed by atoms with E-state index in [1.807, 2.05) is 6.20 Å². The van der Waals surface area contributed by atoms with Crippen LogP contribution in [0.2, 0.25) is 0 Å². The summed E-state index contributed by atoms with van der Waals surface area (Å²) in [5.41, 5.74) is 3.08. The number of benzene rings is 1. The number of anilines is 2. The van der Waals surface area contributed by atoms with Crippen LogP contribution in [0.15, 0.2) is 30.5 Å². The molecular formula is C27H37N5O4. The van der Waals surface area contributed by atoms with Crippen LogP contribution in [-0.2, 0) is 9.47 Å². The van der Waals surface area contributed by atoms with E-state index < -0.39 is 0 Å². The van der Waals surface area contributed by atoms with Crippen molar-refractivity contribution in [1.82, 2.24) is 14.9 Å². The molecule has 3 heterocycles. The number of likely N-dealkylation sites (tertiary alicyclic amines) is 1. The molecule has 3 fully saturated rings. The van der Waals surface area contributed by atoms with Gasteiger partial charge in [-0.3, -0.25) is 0 Å². The lowest BCUT2D eigenvalue weighted by Gasteiger charge is -2.37. The third kappa shape index (κ3) is 5.83. The molecule has 3 aliphatic rings. The molecule has 1 saturated carbocycles. The number of hydrogen-bond donors (Lipinski definition) is 1. The van der Waals surface area contributed by atoms with E-state index in [1.165, 1.54) is 25.6 Å². The number of carbonyl (C=O) groups is 1. The van der Waals surface area contributed by atoms with Crippen molar-refractivity contribution in [1.29, 1.82) is 0 Å². The molecular weight excluding hydrogens is 458 g/mol. The number of hydrogen-bond acceptors (Lipinski definition) is 8. The summed E-state index contributed by atoms with van der Waals surface area (Å²) in [5, 5.41) is 3.53. The number of morpholine rings is 1. The third-order valence-electron chi connectivity index (χ3n) is 7.50. The van der Waals surface area contributed by atoms with E-state index in [0.717, 1.165) is 56.2 Å². The summed E-state index contributed by atoms with van der Waals surface area (Å²) >= 11 is 0. The number of carbonyl (C=O) groups excluding carboxylic acids is 1. The predicted octanol–water partition coefficient (Wildman–Crippen LogP) is 4.05. The Balaban J connectivity index is 1.30. The van der Waals surface area contributed by atoms with Crippen molar-refractivity contribution in [3.05, 3.63) is 30.5 Å². The average molecular weight is 496 g/mol. The topological polar surface area (TPSA) is 89.0 Å². The molecule has 1 amide bonds. The van der Waals surface area contributed by atoms with E-state index in [1.54, 1.807) is 4.90 Å². The van der Waals surface area contributed by atoms with Crippen molar-refractivity contribution in [3.63, 3.8) is 0 Å². The molecule has 0 spiro atoms. The lowest BCUT2D eigenvalue weighted by Crippen LogP contribution is -2.52. The van der Waals surface area contributed by atoms with Gasteiger partial charge in [0.05, 0.1) is 32.5 Å². The Kier molecular flexibility index (Phi) is 7.75. The molecule has 194 valence electrons. The van der Waals surface area contributed by atoms with Gasteiger partial charge in [0.2, 0.25) is 11.8 Å². The summed E-state index contributed by atoms with van der Waals surface area (Å²) in [6, 6.07) is 8.88. The largest absolute Gasteiger partial charge is 0.477 e. The lowest BCUT2D eigenvalue weighted by atomic mass is 9.87. The first-order valence-electron chi connectivity index (χ1n) is 13.1. The molecule has 1 aromatic heterocycles. The van der Waals surface area contributed by atoms with Gasteiger partial charge < -0.3 is 29.3 Å². The zero-order chi connectivity index (χ0) is 24.9. The zero-order valence-corrected chi connectivity index (χ0v) is 21.3. The van der Waals surface area contributed by atoms with Gasteiger partial charge in [0.15, 0.2) is 0 Å². The van der Waals surface area contributed by atoms with Crippen LogP contribution >= 0.6 is 0 Å². The Morgan fingerprint density at radius 1 is 1.11 bits per heavy atom. The standard InChI is InChI=1S/C27H37N5O4/c1-19-3-7-22(8-4-19)29-26-28-15-24(21-5-9-23(10-6-21)31-11-13-35-14-12-31)25(30-26)36-18-20-16-32(17-20)27(33)34-2/h5-6,9-10,15,19-20,22H,3-4,7-8,11-14,16-18H2,1-2H3,(H,28,29,30)/t19-,22-. The summed E-state index contributed by atoms with van der Waals surface area (Å²) in [6.45, 7) is 7.40. The highest BCUT2D eigenvalue weighted by atomic mass is 16.5. The van der Waals surface area contributed by atoms with Gasteiger partial charge in [0.1, 0.15) is 0 Å². The molecule has 9 nitrogen and oxygen atoms in total. The summed E-state index contributed by atoms with van der Waals surface area (Å²) in [5.74, 6) is 2.24. The van der Waals surface area contributed by atoms with Crippen molar-refractivity contribution < 1.29 is 19.0 Å². The van der Waals surface area contributed by atoms with Gasteiger partial charge in [-0.15, -0.1) is 0 Å². The minimum atomic E-state index is -0.289. The van der Waals surface area contributed by atoms with Crippen LogP contribution in [0.4, 0.5) is 16.4 Å². The monoisotopic (exact) mass is 495 g/mol. The van der Waals surface area contributed by atoms with Crippen molar-refractivity contribution >= 4 is 17.7 Å². The SMILES string of the molecule is COC(=O)N1CC(COc2nc(N[C@H]3CC[C@H](C)CC3)ncc2-c2ccc(N3CCOCC3)cc2)C1. The Bertz CT molecular complexity index is 1010. The Labute approximate surface area is 213 Å².